The Balaban J connectivity index is 0.000000177. The minimum atomic E-state index is -3.75. The third-order valence-electron chi connectivity index (χ3n) is 10.7. The fourth-order valence-corrected chi connectivity index (χ4v) is 9.71. The number of imidazole rings is 2. The Morgan fingerprint density at radius 1 is 0.638 bits per heavy atom. The number of nitrogens with zero attached hydrogens (tertiary/aromatic N) is 4. The zero-order valence-corrected chi connectivity index (χ0v) is 35.8. The van der Waals surface area contributed by atoms with E-state index in [1.165, 1.54) is 23.8 Å². The molecule has 2 fully saturated rings. The topological polar surface area (TPSA) is 154 Å². The molecule has 6 aromatic rings. The molecule has 0 amide bonds. The van der Waals surface area contributed by atoms with E-state index in [0.29, 0.717) is 17.4 Å². The van der Waals surface area contributed by atoms with Crippen molar-refractivity contribution in [3.05, 3.63) is 105 Å². The van der Waals surface area contributed by atoms with Gasteiger partial charge in [-0.05, 0) is 86.1 Å². The van der Waals surface area contributed by atoms with Crippen molar-refractivity contribution in [2.45, 2.75) is 111 Å². The second kappa shape index (κ2) is 17.0. The van der Waals surface area contributed by atoms with Gasteiger partial charge in [-0.1, -0.05) is 53.3 Å². The van der Waals surface area contributed by atoms with Crippen LogP contribution in [0.4, 0.5) is 0 Å². The molecule has 58 heavy (non-hydrogen) atoms. The van der Waals surface area contributed by atoms with Gasteiger partial charge in [0.05, 0.1) is 31.9 Å². The Kier molecular flexibility index (Phi) is 12.2. The average molecular weight is 827 g/mol. The maximum atomic E-state index is 13.0. The Bertz CT molecular complexity index is 2580. The molecular formula is C44H54N6O6S2. The van der Waals surface area contributed by atoms with E-state index in [4.69, 9.17) is 19.4 Å². The largest absolute Gasteiger partial charge is 0.381 e. The van der Waals surface area contributed by atoms with Crippen LogP contribution in [0.5, 0.6) is 0 Å². The molecule has 14 heteroatoms. The lowest BCUT2D eigenvalue weighted by Crippen LogP contribution is -2.25. The van der Waals surface area contributed by atoms with Crippen molar-refractivity contribution in [2.75, 3.05) is 26.4 Å². The Morgan fingerprint density at radius 2 is 1.10 bits per heavy atom. The van der Waals surface area contributed by atoms with Crippen LogP contribution in [0.1, 0.15) is 78.9 Å². The van der Waals surface area contributed by atoms with Gasteiger partial charge in [-0.3, -0.25) is 9.59 Å². The Hall–Kier alpha value is -4.50. The molecule has 0 bridgehead atoms. The Labute approximate surface area is 343 Å². The number of sulfone groups is 1. The van der Waals surface area contributed by atoms with Crippen molar-refractivity contribution >= 4 is 43.7 Å². The summed E-state index contributed by atoms with van der Waals surface area (Å²) in [6.45, 7) is 18.2. The molecule has 0 atom stereocenters. The average Bonchev–Trinajstić information content (AvgIpc) is 3.75. The highest BCUT2D eigenvalue weighted by atomic mass is 32.2. The molecule has 6 heterocycles. The first-order valence-corrected chi connectivity index (χ1v) is 22.3. The summed E-state index contributed by atoms with van der Waals surface area (Å²) in [7, 11) is -3.75. The molecule has 308 valence electrons. The first kappa shape index (κ1) is 41.7. The van der Waals surface area contributed by atoms with Crippen molar-refractivity contribution in [1.29, 1.82) is 0 Å². The van der Waals surface area contributed by atoms with Crippen LogP contribution < -0.4 is 11.1 Å². The summed E-state index contributed by atoms with van der Waals surface area (Å²) >= 11 is 1.63. The number of H-pyrrole nitrogens is 2. The number of pyridine rings is 2. The van der Waals surface area contributed by atoms with E-state index in [2.05, 4.69) is 78.8 Å². The molecule has 8 rings (SSSR count). The van der Waals surface area contributed by atoms with Crippen LogP contribution in [0.15, 0.2) is 102 Å². The van der Waals surface area contributed by atoms with Crippen molar-refractivity contribution < 1.29 is 17.9 Å². The van der Waals surface area contributed by atoms with Crippen LogP contribution in [0.3, 0.4) is 0 Å². The second-order valence-corrected chi connectivity index (χ2v) is 20.5. The maximum absolute atomic E-state index is 13.0. The normalized spacial score (nSPS) is 16.1. The van der Waals surface area contributed by atoms with Gasteiger partial charge < -0.3 is 28.6 Å². The fraction of sp³-hybridized carbons (Fsp3) is 0.455. The van der Waals surface area contributed by atoms with Crippen molar-refractivity contribution in [3.8, 4) is 0 Å². The number of hydrogen-bond acceptors (Lipinski definition) is 9. The van der Waals surface area contributed by atoms with E-state index < -0.39 is 9.84 Å². The van der Waals surface area contributed by atoms with Crippen LogP contribution in [-0.2, 0) is 43.2 Å². The third-order valence-corrected chi connectivity index (χ3v) is 13.4. The molecule has 2 saturated heterocycles. The van der Waals surface area contributed by atoms with Crippen molar-refractivity contribution in [3.63, 3.8) is 0 Å². The molecule has 12 nitrogen and oxygen atoms in total. The highest BCUT2D eigenvalue weighted by Gasteiger charge is 2.28. The molecule has 0 aliphatic carbocycles. The van der Waals surface area contributed by atoms with E-state index in [0.717, 1.165) is 97.7 Å². The van der Waals surface area contributed by atoms with E-state index in [1.807, 2.05) is 12.1 Å². The van der Waals surface area contributed by atoms with Gasteiger partial charge in [0.1, 0.15) is 11.6 Å². The van der Waals surface area contributed by atoms with Crippen LogP contribution in [0.25, 0.3) is 22.1 Å². The summed E-state index contributed by atoms with van der Waals surface area (Å²) in [5.74, 6) is 3.24. The maximum Gasteiger partial charge on any atom is 0.247 e. The molecule has 0 radical (unpaired) electrons. The van der Waals surface area contributed by atoms with Gasteiger partial charge in [-0.2, -0.15) is 0 Å². The molecule has 2 aliphatic rings. The van der Waals surface area contributed by atoms with E-state index in [1.54, 1.807) is 36.2 Å². The van der Waals surface area contributed by atoms with Gasteiger partial charge in [0.2, 0.25) is 21.0 Å². The van der Waals surface area contributed by atoms with Crippen LogP contribution in [0.2, 0.25) is 0 Å². The first-order chi connectivity index (χ1) is 27.6. The zero-order valence-electron chi connectivity index (χ0n) is 34.2. The van der Waals surface area contributed by atoms with Gasteiger partial charge in [-0.25, -0.2) is 18.4 Å². The molecule has 4 aromatic heterocycles. The van der Waals surface area contributed by atoms with Gasteiger partial charge in [-0.15, -0.1) is 0 Å². The van der Waals surface area contributed by atoms with Crippen LogP contribution in [0, 0.1) is 11.8 Å². The predicted octanol–water partition coefficient (Wildman–Crippen LogP) is 7.88. The molecular weight excluding hydrogens is 773 g/mol. The van der Waals surface area contributed by atoms with Gasteiger partial charge in [0.25, 0.3) is 0 Å². The standard InChI is InChI=1S/C22H27N3O4S.C22H27N3O2S/c1-22(2,3)21-24-18-12-16(30(27,28)17-5-7-20(26)23-13-17)4-6-19(18)25(21)14-15-8-10-29-11-9-15;1-22(2,3)21-24-18-12-16(28-17-5-7-20(26)23-13-17)4-6-19(18)25(21)14-15-8-10-27-11-9-15/h4-7,12-13,15H,8-11,14H2,1-3H3,(H,23,26);4-7,12-13,15H,8-11,14H2,1-3H3,(H,23,26). The van der Waals surface area contributed by atoms with E-state index in [-0.39, 0.29) is 31.7 Å². The second-order valence-electron chi connectivity index (χ2n) is 17.4. The van der Waals surface area contributed by atoms with E-state index in [9.17, 15) is 18.0 Å². The van der Waals surface area contributed by atoms with Crippen molar-refractivity contribution in [1.82, 2.24) is 29.1 Å². The van der Waals surface area contributed by atoms with Crippen LogP contribution >= 0.6 is 11.8 Å². The number of rotatable bonds is 8. The molecule has 2 N–H and O–H groups in total. The summed E-state index contributed by atoms with van der Waals surface area (Å²) in [6, 6.07) is 17.5. The summed E-state index contributed by atoms with van der Waals surface area (Å²) in [4.78, 5) is 39.9. The number of nitrogens with one attached hydrogen (secondary N) is 2. The summed E-state index contributed by atoms with van der Waals surface area (Å²) in [5, 5.41) is 0. The quantitative estimate of drug-likeness (QED) is 0.156. The Morgan fingerprint density at radius 3 is 1.59 bits per heavy atom. The smallest absolute Gasteiger partial charge is 0.247 e. The summed E-state index contributed by atoms with van der Waals surface area (Å²) in [5.41, 5.74) is 3.21. The minimum absolute atomic E-state index is 0.0175. The highest BCUT2D eigenvalue weighted by Crippen LogP contribution is 2.34. The third kappa shape index (κ3) is 9.51. The number of aromatic amines is 2. The van der Waals surface area contributed by atoms with Gasteiger partial charge >= 0.3 is 0 Å². The number of fused-ring (bicyclic) bond motifs is 2. The number of ether oxygens (including phenoxy) is 2. The fourth-order valence-electron chi connectivity index (χ4n) is 7.63. The number of aromatic nitrogens is 6. The summed E-state index contributed by atoms with van der Waals surface area (Å²) < 4.78 is 41.7. The van der Waals surface area contributed by atoms with Crippen LogP contribution in [-0.4, -0.2) is 63.9 Å². The molecule has 0 saturated carbocycles. The lowest BCUT2D eigenvalue weighted by Gasteiger charge is -2.26. The van der Waals surface area contributed by atoms with E-state index >= 15 is 0 Å². The monoisotopic (exact) mass is 826 g/mol. The highest BCUT2D eigenvalue weighted by molar-refractivity contribution is 7.99. The number of benzene rings is 2. The first-order valence-electron chi connectivity index (χ1n) is 20.0. The minimum Gasteiger partial charge on any atom is -0.381 e. The van der Waals surface area contributed by atoms with Gasteiger partial charge in [0, 0.05) is 84.7 Å². The van der Waals surface area contributed by atoms with Gasteiger partial charge in [0.15, 0.2) is 0 Å². The predicted molar refractivity (Wildman–Crippen MR) is 228 cm³/mol. The molecule has 0 spiro atoms. The van der Waals surface area contributed by atoms with Crippen molar-refractivity contribution in [2.24, 2.45) is 11.8 Å². The summed E-state index contributed by atoms with van der Waals surface area (Å²) in [6.07, 6.45) is 7.24. The lowest BCUT2D eigenvalue weighted by molar-refractivity contribution is 0.0610. The molecule has 2 aromatic carbocycles. The zero-order chi connectivity index (χ0) is 41.2. The molecule has 0 unspecified atom stereocenters. The SMILES string of the molecule is CC(C)(C)c1nc2cc(S(=O)(=O)c3ccc(=O)[nH]c3)ccc2n1CC1CCOCC1.CC(C)(C)c1nc2cc(Sc3ccc(=O)[nH]c3)ccc2n1CC1CCOCC1. The lowest BCUT2D eigenvalue weighted by atomic mass is 9.94. The number of hydrogen-bond donors (Lipinski definition) is 2. The molecule has 2 aliphatic heterocycles.